The summed E-state index contributed by atoms with van der Waals surface area (Å²) in [5, 5.41) is 0.712. The molecular formula is C24H35ClN6O3. The molecule has 3 N–H and O–H groups in total. The minimum Gasteiger partial charge on any atom is -0.383 e. The van der Waals surface area contributed by atoms with E-state index in [-0.39, 0.29) is 29.9 Å². The fourth-order valence-corrected chi connectivity index (χ4v) is 4.45. The number of hydrogen-bond acceptors (Lipinski definition) is 6. The lowest BCUT2D eigenvalue weighted by Crippen LogP contribution is -2.51. The average Bonchev–Trinajstić information content (AvgIpc) is 2.79. The maximum Gasteiger partial charge on any atom is 0.330 e. The highest BCUT2D eigenvalue weighted by molar-refractivity contribution is 6.33. The van der Waals surface area contributed by atoms with Gasteiger partial charge in [0.1, 0.15) is 5.82 Å². The van der Waals surface area contributed by atoms with Gasteiger partial charge in [0.25, 0.3) is 5.56 Å². The van der Waals surface area contributed by atoms with Crippen molar-refractivity contribution in [1.29, 1.82) is 0 Å². The largest absolute Gasteiger partial charge is 0.383 e. The number of hydrogen-bond donors (Lipinski definition) is 2. The summed E-state index contributed by atoms with van der Waals surface area (Å²) in [6.07, 6.45) is 1.57. The zero-order valence-corrected chi connectivity index (χ0v) is 21.0. The summed E-state index contributed by atoms with van der Waals surface area (Å²) in [6, 6.07) is 7.74. The smallest absolute Gasteiger partial charge is 0.330 e. The van der Waals surface area contributed by atoms with Crippen molar-refractivity contribution < 1.29 is 4.79 Å². The molecule has 34 heavy (non-hydrogen) atoms. The van der Waals surface area contributed by atoms with E-state index in [4.69, 9.17) is 17.3 Å². The van der Waals surface area contributed by atoms with Crippen molar-refractivity contribution in [3.05, 3.63) is 50.1 Å². The Bertz CT molecular complexity index is 1100. The molecular weight excluding hydrogens is 456 g/mol. The van der Waals surface area contributed by atoms with Crippen molar-refractivity contribution in [2.75, 3.05) is 54.8 Å². The molecule has 1 amide bonds. The molecule has 1 saturated heterocycles. The van der Waals surface area contributed by atoms with Gasteiger partial charge in [-0.25, -0.2) is 4.79 Å². The molecule has 1 aliphatic heterocycles. The Hall–Kier alpha value is -2.78. The number of piperazine rings is 1. The van der Waals surface area contributed by atoms with Crippen LogP contribution in [0.5, 0.6) is 0 Å². The van der Waals surface area contributed by atoms with Crippen LogP contribution in [0.4, 0.5) is 17.2 Å². The number of benzene rings is 1. The molecule has 3 rings (SSSR count). The number of carbonyl (C=O) groups excluding carboxylic acids is 1. The van der Waals surface area contributed by atoms with E-state index < -0.39 is 11.2 Å². The molecule has 0 saturated carbocycles. The standard InChI is InChI=1S/C24H35ClN6O3/c1-4-5-10-30(21-22(26)31(15-17(2)3)24(34)27-23(21)33)20(32)16-28-11-13-29(14-12-28)19-9-7-6-8-18(19)25/h6-9,17H,4-5,10-16,26H2,1-3H3,(H,27,33,34). The second-order valence-electron chi connectivity index (χ2n) is 9.11. The Labute approximate surface area is 205 Å². The maximum atomic E-state index is 13.4. The van der Waals surface area contributed by atoms with Gasteiger partial charge in [0.2, 0.25) is 5.91 Å². The molecule has 0 aliphatic carbocycles. The highest BCUT2D eigenvalue weighted by Gasteiger charge is 2.27. The van der Waals surface area contributed by atoms with Gasteiger partial charge < -0.3 is 15.5 Å². The molecule has 1 aliphatic rings. The summed E-state index contributed by atoms with van der Waals surface area (Å²) in [4.78, 5) is 46.6. The third-order valence-corrected chi connectivity index (χ3v) is 6.31. The van der Waals surface area contributed by atoms with Crippen molar-refractivity contribution in [1.82, 2.24) is 14.5 Å². The first-order chi connectivity index (χ1) is 16.2. The van der Waals surface area contributed by atoms with Crippen LogP contribution in [0.25, 0.3) is 0 Å². The molecule has 0 radical (unpaired) electrons. The molecule has 0 unspecified atom stereocenters. The van der Waals surface area contributed by atoms with Crippen molar-refractivity contribution in [2.45, 2.75) is 40.2 Å². The Balaban J connectivity index is 1.78. The number of nitrogens with zero attached hydrogens (tertiary/aromatic N) is 4. The van der Waals surface area contributed by atoms with Crippen LogP contribution in [-0.2, 0) is 11.3 Å². The SMILES string of the molecule is CCCCN(C(=O)CN1CCN(c2ccccc2Cl)CC1)c1c(N)n(CC(C)C)c(=O)[nH]c1=O. The molecule has 0 bridgehead atoms. The van der Waals surface area contributed by atoms with Crippen molar-refractivity contribution in [3.8, 4) is 0 Å². The van der Waals surface area contributed by atoms with Gasteiger partial charge in [-0.3, -0.25) is 24.0 Å². The Morgan fingerprint density at radius 1 is 1.18 bits per heavy atom. The van der Waals surface area contributed by atoms with E-state index in [1.807, 2.05) is 45.0 Å². The molecule has 2 aromatic rings. The van der Waals surface area contributed by atoms with Crippen molar-refractivity contribution >= 4 is 34.7 Å². The van der Waals surface area contributed by atoms with Crippen molar-refractivity contribution in [3.63, 3.8) is 0 Å². The molecule has 2 heterocycles. The van der Waals surface area contributed by atoms with E-state index in [0.29, 0.717) is 37.6 Å². The van der Waals surface area contributed by atoms with Gasteiger partial charge in [-0.1, -0.05) is 50.9 Å². The Morgan fingerprint density at radius 3 is 2.47 bits per heavy atom. The number of para-hydroxylation sites is 1. The summed E-state index contributed by atoms with van der Waals surface area (Å²) in [5.74, 6) is -0.0185. The van der Waals surface area contributed by atoms with Gasteiger partial charge in [-0.2, -0.15) is 0 Å². The van der Waals surface area contributed by atoms with Crippen LogP contribution < -0.4 is 26.8 Å². The zero-order chi connectivity index (χ0) is 24.8. The third-order valence-electron chi connectivity index (χ3n) is 5.99. The molecule has 10 heteroatoms. The van der Waals surface area contributed by atoms with E-state index >= 15 is 0 Å². The van der Waals surface area contributed by atoms with Crippen LogP contribution in [-0.4, -0.2) is 59.6 Å². The monoisotopic (exact) mass is 490 g/mol. The number of amides is 1. The van der Waals surface area contributed by atoms with Gasteiger partial charge in [-0.15, -0.1) is 0 Å². The lowest BCUT2D eigenvalue weighted by molar-refractivity contribution is -0.119. The lowest BCUT2D eigenvalue weighted by atomic mass is 10.2. The predicted molar refractivity (Wildman–Crippen MR) is 138 cm³/mol. The first kappa shape index (κ1) is 25.8. The van der Waals surface area contributed by atoms with Gasteiger partial charge >= 0.3 is 5.69 Å². The van der Waals surface area contributed by atoms with E-state index in [1.165, 1.54) is 9.47 Å². The van der Waals surface area contributed by atoms with Gasteiger partial charge in [0, 0.05) is 39.3 Å². The highest BCUT2D eigenvalue weighted by Crippen LogP contribution is 2.26. The number of aromatic nitrogens is 2. The number of carbonyl (C=O) groups is 1. The Morgan fingerprint density at radius 2 is 1.85 bits per heavy atom. The number of H-pyrrole nitrogens is 1. The molecule has 1 aromatic heterocycles. The summed E-state index contributed by atoms with van der Waals surface area (Å²) in [7, 11) is 0. The number of unbranched alkanes of at least 4 members (excludes halogenated alkanes) is 1. The summed E-state index contributed by atoms with van der Waals surface area (Å²) < 4.78 is 1.34. The van der Waals surface area contributed by atoms with E-state index in [0.717, 1.165) is 25.2 Å². The van der Waals surface area contributed by atoms with Crippen LogP contribution >= 0.6 is 11.6 Å². The van der Waals surface area contributed by atoms with Crippen LogP contribution in [0.1, 0.15) is 33.6 Å². The first-order valence-corrected chi connectivity index (χ1v) is 12.3. The van der Waals surface area contributed by atoms with Crippen LogP contribution in [0, 0.1) is 5.92 Å². The minimum absolute atomic E-state index is 0.0374. The summed E-state index contributed by atoms with van der Waals surface area (Å²) in [6.45, 7) is 9.69. The van der Waals surface area contributed by atoms with Crippen LogP contribution in [0.15, 0.2) is 33.9 Å². The van der Waals surface area contributed by atoms with E-state index in [9.17, 15) is 14.4 Å². The minimum atomic E-state index is -0.629. The summed E-state index contributed by atoms with van der Waals surface area (Å²) in [5.41, 5.74) is 6.16. The van der Waals surface area contributed by atoms with Crippen molar-refractivity contribution in [2.24, 2.45) is 5.92 Å². The van der Waals surface area contributed by atoms with Crippen LogP contribution in [0.3, 0.4) is 0 Å². The molecule has 0 atom stereocenters. The fourth-order valence-electron chi connectivity index (χ4n) is 4.19. The predicted octanol–water partition coefficient (Wildman–Crippen LogP) is 2.38. The number of nitrogens with one attached hydrogen (secondary N) is 1. The number of nitrogen functional groups attached to an aromatic ring is 1. The molecule has 0 spiro atoms. The topological polar surface area (TPSA) is 108 Å². The zero-order valence-electron chi connectivity index (χ0n) is 20.2. The van der Waals surface area contributed by atoms with E-state index in [2.05, 4.69) is 14.8 Å². The second kappa shape index (κ2) is 11.6. The molecule has 1 aromatic carbocycles. The molecule has 1 fully saturated rings. The highest BCUT2D eigenvalue weighted by atomic mass is 35.5. The Kier molecular flexibility index (Phi) is 8.79. The van der Waals surface area contributed by atoms with E-state index in [1.54, 1.807) is 0 Å². The number of nitrogens with two attached hydrogens (primary N) is 1. The fraction of sp³-hybridized carbons (Fsp3) is 0.542. The average molecular weight is 491 g/mol. The lowest BCUT2D eigenvalue weighted by Gasteiger charge is -2.37. The number of anilines is 3. The maximum absolute atomic E-state index is 13.4. The van der Waals surface area contributed by atoms with Gasteiger partial charge in [-0.05, 0) is 24.5 Å². The molecule has 9 nitrogen and oxygen atoms in total. The number of rotatable bonds is 9. The second-order valence-corrected chi connectivity index (χ2v) is 9.52. The first-order valence-electron chi connectivity index (χ1n) is 11.9. The normalized spacial score (nSPS) is 14.6. The number of aromatic amines is 1. The van der Waals surface area contributed by atoms with Crippen LogP contribution in [0.2, 0.25) is 5.02 Å². The summed E-state index contributed by atoms with van der Waals surface area (Å²) >= 11 is 6.34. The van der Waals surface area contributed by atoms with Gasteiger partial charge in [0.15, 0.2) is 5.69 Å². The number of halogens is 1. The quantitative estimate of drug-likeness (QED) is 0.558. The van der Waals surface area contributed by atoms with Gasteiger partial charge in [0.05, 0.1) is 17.3 Å². The third kappa shape index (κ3) is 6.01. The molecule has 186 valence electrons.